The molecule has 0 saturated heterocycles. The molecule has 0 aliphatic carbocycles. The van der Waals surface area contributed by atoms with Crippen molar-refractivity contribution in [1.29, 1.82) is 0 Å². The number of aryl methyl sites for hydroxylation is 1. The van der Waals surface area contributed by atoms with Crippen LogP contribution in [0.4, 0.5) is 0 Å². The lowest BCUT2D eigenvalue weighted by atomic mass is 9.88. The predicted molar refractivity (Wildman–Crippen MR) is 137 cm³/mol. The number of hydrogen-bond acceptors (Lipinski definition) is 3. The monoisotopic (exact) mass is 434 g/mol. The molecule has 3 heterocycles. The van der Waals surface area contributed by atoms with E-state index in [9.17, 15) is 0 Å². The van der Waals surface area contributed by atoms with Gasteiger partial charge in [0, 0.05) is 34.1 Å². The van der Waals surface area contributed by atoms with Crippen LogP contribution >= 0.6 is 0 Å². The minimum atomic E-state index is 0.130. The number of benzene rings is 2. The highest BCUT2D eigenvalue weighted by atomic mass is 16.3. The molecule has 1 unspecified atom stereocenters. The van der Waals surface area contributed by atoms with Crippen LogP contribution in [0.15, 0.2) is 77.3 Å². The van der Waals surface area contributed by atoms with Crippen molar-refractivity contribution in [1.82, 2.24) is 9.97 Å². The Bertz CT molecular complexity index is 1440. The molecule has 1 atom stereocenters. The lowest BCUT2D eigenvalue weighted by Crippen LogP contribution is -2.09. The fourth-order valence-corrected chi connectivity index (χ4v) is 4.69. The first kappa shape index (κ1) is 21.4. The van der Waals surface area contributed by atoms with Crippen molar-refractivity contribution in [2.24, 2.45) is 5.41 Å². The summed E-state index contributed by atoms with van der Waals surface area (Å²) in [5.41, 5.74) is 8.43. The van der Waals surface area contributed by atoms with Gasteiger partial charge in [-0.05, 0) is 54.2 Å². The first-order chi connectivity index (χ1) is 15.8. The average Bonchev–Trinajstić information content (AvgIpc) is 3.16. The molecular weight excluding hydrogens is 404 g/mol. The Kier molecular flexibility index (Phi) is 5.28. The van der Waals surface area contributed by atoms with Gasteiger partial charge in [-0.15, -0.1) is 0 Å². The van der Waals surface area contributed by atoms with E-state index in [-0.39, 0.29) is 11.3 Å². The number of rotatable bonds is 4. The minimum absolute atomic E-state index is 0.130. The second-order valence-corrected chi connectivity index (χ2v) is 10.2. The Labute approximate surface area is 195 Å². The fraction of sp³-hybridized carbons (Fsp3) is 0.267. The molecule has 0 amide bonds. The molecule has 33 heavy (non-hydrogen) atoms. The van der Waals surface area contributed by atoms with E-state index in [2.05, 4.69) is 95.3 Å². The fourth-order valence-electron chi connectivity index (χ4n) is 4.69. The summed E-state index contributed by atoms with van der Waals surface area (Å²) in [6.07, 6.45) is 2.91. The van der Waals surface area contributed by atoms with Crippen molar-refractivity contribution in [3.63, 3.8) is 0 Å². The van der Waals surface area contributed by atoms with Gasteiger partial charge in [0.05, 0.1) is 11.4 Å². The third-order valence-corrected chi connectivity index (χ3v) is 6.18. The Morgan fingerprint density at radius 3 is 2.42 bits per heavy atom. The van der Waals surface area contributed by atoms with E-state index in [1.807, 2.05) is 12.3 Å². The van der Waals surface area contributed by atoms with Gasteiger partial charge in [-0.2, -0.15) is 0 Å². The summed E-state index contributed by atoms with van der Waals surface area (Å²) in [5, 5.41) is 2.22. The van der Waals surface area contributed by atoms with Crippen LogP contribution in [-0.2, 0) is 6.42 Å². The van der Waals surface area contributed by atoms with Gasteiger partial charge < -0.3 is 4.42 Å². The molecule has 5 aromatic rings. The zero-order valence-corrected chi connectivity index (χ0v) is 20.0. The summed E-state index contributed by atoms with van der Waals surface area (Å²) in [6, 6.07) is 23.3. The Morgan fingerprint density at radius 1 is 0.879 bits per heavy atom. The van der Waals surface area contributed by atoms with Crippen LogP contribution in [0, 0.1) is 12.3 Å². The molecule has 0 bridgehead atoms. The maximum absolute atomic E-state index is 6.61. The number of hydrogen-bond donors (Lipinski definition) is 0. The molecule has 0 saturated carbocycles. The largest absolute Gasteiger partial charge is 0.453 e. The predicted octanol–water partition coefficient (Wildman–Crippen LogP) is 8.09. The van der Waals surface area contributed by atoms with Gasteiger partial charge in [0.25, 0.3) is 0 Å². The topological polar surface area (TPSA) is 38.9 Å². The highest BCUT2D eigenvalue weighted by molar-refractivity contribution is 6.10. The maximum Gasteiger partial charge on any atom is 0.157 e. The van der Waals surface area contributed by atoms with Gasteiger partial charge in [0.15, 0.2) is 5.58 Å². The highest BCUT2D eigenvalue weighted by Crippen LogP contribution is 2.39. The van der Waals surface area contributed by atoms with Gasteiger partial charge in [0.2, 0.25) is 0 Å². The lowest BCUT2D eigenvalue weighted by Gasteiger charge is -2.18. The van der Waals surface area contributed by atoms with Crippen molar-refractivity contribution < 1.29 is 4.42 Å². The molecule has 0 aliphatic heterocycles. The number of fused-ring (bicyclic) bond motifs is 3. The van der Waals surface area contributed by atoms with Gasteiger partial charge in [-0.3, -0.25) is 9.97 Å². The van der Waals surface area contributed by atoms with Crippen molar-refractivity contribution in [3.8, 4) is 11.3 Å². The van der Waals surface area contributed by atoms with Crippen LogP contribution in [0.1, 0.15) is 56.1 Å². The smallest absolute Gasteiger partial charge is 0.157 e. The van der Waals surface area contributed by atoms with Gasteiger partial charge >= 0.3 is 0 Å². The molecule has 166 valence electrons. The zero-order valence-electron chi connectivity index (χ0n) is 20.0. The molecular formula is C30H30N2O. The van der Waals surface area contributed by atoms with E-state index in [4.69, 9.17) is 14.4 Å². The third kappa shape index (κ3) is 4.16. The van der Waals surface area contributed by atoms with Crippen LogP contribution < -0.4 is 0 Å². The van der Waals surface area contributed by atoms with Crippen LogP contribution in [0.3, 0.4) is 0 Å². The van der Waals surface area contributed by atoms with Crippen molar-refractivity contribution in [3.05, 3.63) is 95.4 Å². The molecule has 5 rings (SSSR count). The summed E-state index contributed by atoms with van der Waals surface area (Å²) in [6.45, 7) is 11.0. The second kappa shape index (κ2) is 8.15. The number of nitrogens with zero attached hydrogens (tertiary/aromatic N) is 2. The number of aromatic nitrogens is 2. The average molecular weight is 435 g/mol. The van der Waals surface area contributed by atoms with E-state index >= 15 is 0 Å². The molecule has 0 fully saturated rings. The van der Waals surface area contributed by atoms with Crippen molar-refractivity contribution in [2.45, 2.75) is 47.0 Å². The normalized spacial score (nSPS) is 13.0. The SMILES string of the molecule is Cc1cc2c(oc3c(-c4cc(CC(C)(C)C)ccn4)cccc32)c(C(C)c2ccccc2)n1. The summed E-state index contributed by atoms with van der Waals surface area (Å²) in [5.74, 6) is 0.130. The Hall–Kier alpha value is -3.46. The Morgan fingerprint density at radius 2 is 1.67 bits per heavy atom. The van der Waals surface area contributed by atoms with E-state index in [1.165, 1.54) is 11.1 Å². The summed E-state index contributed by atoms with van der Waals surface area (Å²) in [4.78, 5) is 9.63. The van der Waals surface area contributed by atoms with E-state index < -0.39 is 0 Å². The minimum Gasteiger partial charge on any atom is -0.453 e. The van der Waals surface area contributed by atoms with E-state index in [0.29, 0.717) is 0 Å². The molecule has 3 aromatic heterocycles. The van der Waals surface area contributed by atoms with Crippen molar-refractivity contribution >= 4 is 21.9 Å². The van der Waals surface area contributed by atoms with E-state index in [1.54, 1.807) is 0 Å². The van der Waals surface area contributed by atoms with Crippen LogP contribution in [0.2, 0.25) is 0 Å². The first-order valence-corrected chi connectivity index (χ1v) is 11.6. The summed E-state index contributed by atoms with van der Waals surface area (Å²) in [7, 11) is 0. The van der Waals surface area contributed by atoms with Gasteiger partial charge in [0.1, 0.15) is 5.58 Å². The molecule has 0 aliphatic rings. The quantitative estimate of drug-likeness (QED) is 0.287. The lowest BCUT2D eigenvalue weighted by molar-refractivity contribution is 0.411. The maximum atomic E-state index is 6.61. The number of furan rings is 1. The first-order valence-electron chi connectivity index (χ1n) is 11.6. The number of pyridine rings is 2. The zero-order chi connectivity index (χ0) is 23.2. The summed E-state index contributed by atoms with van der Waals surface area (Å²) >= 11 is 0. The molecule has 3 nitrogen and oxygen atoms in total. The van der Waals surface area contributed by atoms with Gasteiger partial charge in [-0.1, -0.05) is 70.2 Å². The van der Waals surface area contributed by atoms with Crippen LogP contribution in [0.5, 0.6) is 0 Å². The van der Waals surface area contributed by atoms with Crippen molar-refractivity contribution in [2.75, 3.05) is 0 Å². The third-order valence-electron chi connectivity index (χ3n) is 6.18. The van der Waals surface area contributed by atoms with Crippen LogP contribution in [-0.4, -0.2) is 9.97 Å². The second-order valence-electron chi connectivity index (χ2n) is 10.2. The highest BCUT2D eigenvalue weighted by Gasteiger charge is 2.21. The molecule has 0 N–H and O–H groups in total. The number of para-hydroxylation sites is 1. The Balaban J connectivity index is 1.70. The van der Waals surface area contributed by atoms with Gasteiger partial charge in [-0.25, -0.2) is 0 Å². The summed E-state index contributed by atoms with van der Waals surface area (Å²) < 4.78 is 6.61. The molecule has 0 radical (unpaired) electrons. The molecule has 3 heteroatoms. The van der Waals surface area contributed by atoms with Crippen LogP contribution in [0.25, 0.3) is 33.2 Å². The van der Waals surface area contributed by atoms with E-state index in [0.717, 1.165) is 51.0 Å². The molecule has 0 spiro atoms. The standard InChI is InChI=1S/C30H30N2O/c1-19-16-25-23-12-9-13-24(26-17-21(14-15-31-26)18-30(3,4)5)28(23)33-29(25)27(32-19)20(2)22-10-7-6-8-11-22/h6-17,20H,18H2,1-5H3. The molecule has 2 aromatic carbocycles.